The standard InChI is InChI=1S/C18H15ClN4O3/c1-22(2)10-3-5-12-16(8-10)26-18(21)14(9-20)17(12)13-7-11(23(24)25)4-6-15(13)19/h3-8,17H,21H2,1-2H3. The van der Waals surface area contributed by atoms with Crippen molar-refractivity contribution in [3.05, 3.63) is 74.1 Å². The van der Waals surface area contributed by atoms with Crippen LogP contribution in [0.25, 0.3) is 0 Å². The average Bonchev–Trinajstić information content (AvgIpc) is 2.60. The van der Waals surface area contributed by atoms with Crippen LogP contribution in [0, 0.1) is 21.4 Å². The highest BCUT2D eigenvalue weighted by Gasteiger charge is 2.33. The van der Waals surface area contributed by atoms with E-state index in [2.05, 4.69) is 0 Å². The highest BCUT2D eigenvalue weighted by molar-refractivity contribution is 6.31. The second-order valence-electron chi connectivity index (χ2n) is 6.00. The number of nitriles is 1. The normalized spacial score (nSPS) is 15.7. The lowest BCUT2D eigenvalue weighted by Crippen LogP contribution is -2.22. The summed E-state index contributed by atoms with van der Waals surface area (Å²) in [6.07, 6.45) is 0. The van der Waals surface area contributed by atoms with E-state index in [1.807, 2.05) is 37.2 Å². The van der Waals surface area contributed by atoms with Gasteiger partial charge in [-0.05, 0) is 17.7 Å². The maximum Gasteiger partial charge on any atom is 0.269 e. The summed E-state index contributed by atoms with van der Waals surface area (Å²) >= 11 is 6.31. The van der Waals surface area contributed by atoms with E-state index in [1.165, 1.54) is 18.2 Å². The fourth-order valence-corrected chi connectivity index (χ4v) is 3.13. The Hall–Kier alpha value is -3.24. The molecule has 1 atom stereocenters. The van der Waals surface area contributed by atoms with Gasteiger partial charge < -0.3 is 15.4 Å². The van der Waals surface area contributed by atoms with Crippen molar-refractivity contribution in [1.82, 2.24) is 0 Å². The first kappa shape index (κ1) is 17.6. The summed E-state index contributed by atoms with van der Waals surface area (Å²) in [6.45, 7) is 0. The van der Waals surface area contributed by atoms with Crippen LogP contribution >= 0.6 is 11.6 Å². The molecule has 2 N–H and O–H groups in total. The molecule has 0 aliphatic carbocycles. The van der Waals surface area contributed by atoms with Gasteiger partial charge in [0.25, 0.3) is 5.69 Å². The molecular weight excluding hydrogens is 356 g/mol. The van der Waals surface area contributed by atoms with Gasteiger partial charge in [0, 0.05) is 48.6 Å². The molecular formula is C18H15ClN4O3. The van der Waals surface area contributed by atoms with Crippen LogP contribution in [0.4, 0.5) is 11.4 Å². The first-order valence-corrected chi connectivity index (χ1v) is 8.04. The van der Waals surface area contributed by atoms with Crippen LogP contribution in [0.3, 0.4) is 0 Å². The lowest BCUT2D eigenvalue weighted by molar-refractivity contribution is -0.384. The summed E-state index contributed by atoms with van der Waals surface area (Å²) in [7, 11) is 3.78. The number of benzene rings is 2. The number of hydrogen-bond donors (Lipinski definition) is 1. The van der Waals surface area contributed by atoms with Crippen molar-refractivity contribution >= 4 is 23.0 Å². The number of nitro groups is 1. The van der Waals surface area contributed by atoms with Gasteiger partial charge in [0.15, 0.2) is 0 Å². The minimum Gasteiger partial charge on any atom is -0.440 e. The van der Waals surface area contributed by atoms with Crippen LogP contribution in [0.5, 0.6) is 5.75 Å². The molecule has 1 aliphatic heterocycles. The molecule has 8 heteroatoms. The van der Waals surface area contributed by atoms with Gasteiger partial charge in [0.1, 0.15) is 17.4 Å². The maximum atomic E-state index is 11.2. The van der Waals surface area contributed by atoms with Gasteiger partial charge in [-0.15, -0.1) is 0 Å². The smallest absolute Gasteiger partial charge is 0.269 e. The molecule has 0 saturated carbocycles. The molecule has 1 unspecified atom stereocenters. The van der Waals surface area contributed by atoms with Crippen molar-refractivity contribution in [2.75, 3.05) is 19.0 Å². The number of halogens is 1. The summed E-state index contributed by atoms with van der Waals surface area (Å²) < 4.78 is 5.63. The molecule has 0 spiro atoms. The number of nitro benzene ring substituents is 1. The number of hydrogen-bond acceptors (Lipinski definition) is 6. The topological polar surface area (TPSA) is 105 Å². The van der Waals surface area contributed by atoms with Crippen LogP contribution in [0.1, 0.15) is 17.0 Å². The number of rotatable bonds is 3. The zero-order chi connectivity index (χ0) is 19.0. The highest BCUT2D eigenvalue weighted by Crippen LogP contribution is 2.45. The van der Waals surface area contributed by atoms with E-state index in [4.69, 9.17) is 22.1 Å². The molecule has 2 aromatic rings. The lowest BCUT2D eigenvalue weighted by atomic mass is 9.83. The number of ether oxygens (including phenoxy) is 1. The van der Waals surface area contributed by atoms with E-state index in [0.29, 0.717) is 21.9 Å². The van der Waals surface area contributed by atoms with Gasteiger partial charge in [0.05, 0.1) is 10.8 Å². The number of fused-ring (bicyclic) bond motifs is 1. The molecule has 0 saturated heterocycles. The Bertz CT molecular complexity index is 979. The van der Waals surface area contributed by atoms with Crippen molar-refractivity contribution < 1.29 is 9.66 Å². The summed E-state index contributed by atoms with van der Waals surface area (Å²) in [6, 6.07) is 11.7. The van der Waals surface area contributed by atoms with Gasteiger partial charge in [-0.25, -0.2) is 0 Å². The summed E-state index contributed by atoms with van der Waals surface area (Å²) in [4.78, 5) is 12.6. The van der Waals surface area contributed by atoms with Crippen LogP contribution in [-0.2, 0) is 0 Å². The third-order valence-corrected chi connectivity index (χ3v) is 4.56. The molecule has 0 bridgehead atoms. The van der Waals surface area contributed by atoms with Gasteiger partial charge in [-0.3, -0.25) is 10.1 Å². The monoisotopic (exact) mass is 370 g/mol. The van der Waals surface area contributed by atoms with Crippen molar-refractivity contribution in [2.45, 2.75) is 5.92 Å². The minimum absolute atomic E-state index is 0.0384. The number of allylic oxidation sites excluding steroid dienone is 1. The fraction of sp³-hybridized carbons (Fsp3) is 0.167. The maximum absolute atomic E-state index is 11.2. The molecule has 1 heterocycles. The first-order chi connectivity index (χ1) is 12.3. The van der Waals surface area contributed by atoms with Crippen molar-refractivity contribution in [3.63, 3.8) is 0 Å². The Labute approximate surface area is 155 Å². The molecule has 132 valence electrons. The molecule has 3 rings (SSSR count). The van der Waals surface area contributed by atoms with Gasteiger partial charge in [-0.2, -0.15) is 5.26 Å². The highest BCUT2D eigenvalue weighted by atomic mass is 35.5. The Morgan fingerprint density at radius 1 is 1.27 bits per heavy atom. The van der Waals surface area contributed by atoms with E-state index < -0.39 is 10.8 Å². The van der Waals surface area contributed by atoms with Crippen molar-refractivity contribution in [2.24, 2.45) is 5.73 Å². The quantitative estimate of drug-likeness (QED) is 0.654. The number of nitrogens with two attached hydrogens (primary N) is 1. The van der Waals surface area contributed by atoms with Crippen LogP contribution in [0.2, 0.25) is 5.02 Å². The molecule has 7 nitrogen and oxygen atoms in total. The molecule has 1 aliphatic rings. The van der Waals surface area contributed by atoms with Crippen molar-refractivity contribution in [3.8, 4) is 11.8 Å². The van der Waals surface area contributed by atoms with Crippen molar-refractivity contribution in [1.29, 1.82) is 5.26 Å². The van der Waals surface area contributed by atoms with Gasteiger partial charge in [-0.1, -0.05) is 17.7 Å². The summed E-state index contributed by atoms with van der Waals surface area (Å²) in [5.41, 5.74) is 7.99. The van der Waals surface area contributed by atoms with E-state index in [1.54, 1.807) is 6.07 Å². The molecule has 0 aromatic heterocycles. The number of non-ortho nitro benzene ring substituents is 1. The second kappa shape index (κ2) is 6.58. The van der Waals surface area contributed by atoms with Gasteiger partial charge >= 0.3 is 0 Å². The van der Waals surface area contributed by atoms with Gasteiger partial charge in [0.2, 0.25) is 5.88 Å². The SMILES string of the molecule is CN(C)c1ccc2c(c1)OC(N)=C(C#N)C2c1cc([N+](=O)[O-])ccc1Cl. The molecule has 0 amide bonds. The first-order valence-electron chi connectivity index (χ1n) is 7.66. The van der Waals surface area contributed by atoms with Crippen LogP contribution in [0.15, 0.2) is 47.9 Å². The molecule has 0 fully saturated rings. The largest absolute Gasteiger partial charge is 0.440 e. The van der Waals surface area contributed by atoms with Crippen LogP contribution < -0.4 is 15.4 Å². The predicted octanol–water partition coefficient (Wildman–Crippen LogP) is 3.53. The Morgan fingerprint density at radius 2 is 2.00 bits per heavy atom. The molecule has 0 radical (unpaired) electrons. The summed E-state index contributed by atoms with van der Waals surface area (Å²) in [5.74, 6) is -0.198. The fourth-order valence-electron chi connectivity index (χ4n) is 2.91. The van der Waals surface area contributed by atoms with E-state index in [0.717, 1.165) is 5.69 Å². The third-order valence-electron chi connectivity index (χ3n) is 4.22. The molecule has 26 heavy (non-hydrogen) atoms. The Kier molecular flexibility index (Phi) is 4.45. The number of anilines is 1. The zero-order valence-electron chi connectivity index (χ0n) is 14.1. The second-order valence-corrected chi connectivity index (χ2v) is 6.41. The Morgan fingerprint density at radius 3 is 2.62 bits per heavy atom. The van der Waals surface area contributed by atoms with E-state index >= 15 is 0 Å². The average molecular weight is 371 g/mol. The Balaban J connectivity index is 2.25. The zero-order valence-corrected chi connectivity index (χ0v) is 14.8. The third kappa shape index (κ3) is 2.91. The molecule has 2 aromatic carbocycles. The van der Waals surface area contributed by atoms with E-state index in [9.17, 15) is 15.4 Å². The number of nitrogens with zero attached hydrogens (tertiary/aromatic N) is 3. The summed E-state index contributed by atoms with van der Waals surface area (Å²) in [5, 5.41) is 21.0. The minimum atomic E-state index is -0.646. The van der Waals surface area contributed by atoms with E-state index in [-0.39, 0.29) is 17.1 Å². The predicted molar refractivity (Wildman–Crippen MR) is 98.2 cm³/mol. The van der Waals surface area contributed by atoms with Crippen LogP contribution in [-0.4, -0.2) is 19.0 Å². The lowest BCUT2D eigenvalue weighted by Gasteiger charge is -2.28.